The Morgan fingerprint density at radius 1 is 1.20 bits per heavy atom. The predicted octanol–water partition coefficient (Wildman–Crippen LogP) is 6.69. The standard InChI is InChI=1S/C31H37F5N6O2S/c1-4-44-26(43)9-12-40(3)23-8-13-42(17-23)24-7-10-37-29(27(24)33)39-30-38-28(25(45-30)18-41-11-5-6-19(41)2)20-14-21(31(34,35)36)16-22(32)15-20/h7,10,14-16,19,23H,4-6,8-9,11-13,17-18H2,1-3H3,(H,37,38,39)/t19-,23+/m1/s1. The van der Waals surface area contributed by atoms with E-state index in [1.807, 2.05) is 11.9 Å². The summed E-state index contributed by atoms with van der Waals surface area (Å²) in [5.41, 5.74) is -0.518. The van der Waals surface area contributed by atoms with Crippen LogP contribution >= 0.6 is 11.3 Å². The minimum Gasteiger partial charge on any atom is -0.466 e. The van der Waals surface area contributed by atoms with Crippen LogP contribution in [0.2, 0.25) is 0 Å². The zero-order valence-corrected chi connectivity index (χ0v) is 26.3. The summed E-state index contributed by atoms with van der Waals surface area (Å²) in [5.74, 6) is -1.91. The number of benzene rings is 1. The number of ether oxygens (including phenoxy) is 1. The van der Waals surface area contributed by atoms with E-state index in [0.29, 0.717) is 49.4 Å². The average molecular weight is 653 g/mol. The molecule has 2 atom stereocenters. The van der Waals surface area contributed by atoms with Gasteiger partial charge in [0.2, 0.25) is 0 Å². The summed E-state index contributed by atoms with van der Waals surface area (Å²) in [7, 11) is 1.93. The van der Waals surface area contributed by atoms with Gasteiger partial charge in [0.1, 0.15) is 5.82 Å². The number of aromatic nitrogens is 2. The van der Waals surface area contributed by atoms with Crippen LogP contribution in [0.4, 0.5) is 38.6 Å². The van der Waals surface area contributed by atoms with Gasteiger partial charge in [-0.15, -0.1) is 0 Å². The summed E-state index contributed by atoms with van der Waals surface area (Å²) in [4.78, 5) is 27.3. The summed E-state index contributed by atoms with van der Waals surface area (Å²) < 4.78 is 75.9. The van der Waals surface area contributed by atoms with Crippen LogP contribution in [-0.4, -0.2) is 77.7 Å². The molecule has 14 heteroatoms. The maximum Gasteiger partial charge on any atom is 0.416 e. The second-order valence-corrected chi connectivity index (χ2v) is 12.6. The molecule has 1 N–H and O–H groups in total. The van der Waals surface area contributed by atoms with Crippen LogP contribution in [0.15, 0.2) is 30.5 Å². The Morgan fingerprint density at radius 2 is 2.00 bits per heavy atom. The lowest BCUT2D eigenvalue weighted by Crippen LogP contribution is -2.36. The van der Waals surface area contributed by atoms with Gasteiger partial charge < -0.3 is 19.9 Å². The number of hydrogen-bond donors (Lipinski definition) is 1. The molecule has 2 saturated heterocycles. The molecule has 2 fully saturated rings. The number of nitrogens with one attached hydrogen (secondary N) is 1. The van der Waals surface area contributed by atoms with Gasteiger partial charge >= 0.3 is 12.1 Å². The van der Waals surface area contributed by atoms with Crippen molar-refractivity contribution < 1.29 is 31.5 Å². The number of nitrogens with zero attached hydrogens (tertiary/aromatic N) is 5. The summed E-state index contributed by atoms with van der Waals surface area (Å²) in [6.07, 6.45) is -0.181. The van der Waals surface area contributed by atoms with E-state index in [4.69, 9.17) is 4.74 Å². The van der Waals surface area contributed by atoms with Crippen LogP contribution in [0.3, 0.4) is 0 Å². The third kappa shape index (κ3) is 7.90. The first-order valence-electron chi connectivity index (χ1n) is 15.1. The van der Waals surface area contributed by atoms with Crippen LogP contribution in [-0.2, 0) is 22.3 Å². The molecule has 0 spiro atoms. The molecule has 8 nitrogen and oxygen atoms in total. The molecule has 0 saturated carbocycles. The number of anilines is 3. The Hall–Kier alpha value is -3.36. The number of hydrogen-bond acceptors (Lipinski definition) is 9. The highest BCUT2D eigenvalue weighted by atomic mass is 32.1. The molecule has 0 aliphatic carbocycles. The van der Waals surface area contributed by atoms with Crippen molar-refractivity contribution in [2.75, 3.05) is 50.1 Å². The molecule has 0 bridgehead atoms. The molecule has 0 amide bonds. The quantitative estimate of drug-likeness (QED) is 0.182. The van der Waals surface area contributed by atoms with Crippen molar-refractivity contribution in [1.82, 2.24) is 19.8 Å². The lowest BCUT2D eigenvalue weighted by molar-refractivity contribution is -0.143. The molecule has 1 aromatic carbocycles. The molecular formula is C31H37F5N6O2S. The summed E-state index contributed by atoms with van der Waals surface area (Å²) in [6.45, 7) is 7.13. The number of carbonyl (C=O) groups excluding carboxylic acids is 1. The Bertz CT molecular complexity index is 1500. The van der Waals surface area contributed by atoms with Crippen molar-refractivity contribution in [1.29, 1.82) is 0 Å². The molecular weight excluding hydrogens is 615 g/mol. The number of likely N-dealkylation sites (tertiary alicyclic amines) is 1. The van der Waals surface area contributed by atoms with Gasteiger partial charge in [-0.3, -0.25) is 9.69 Å². The Kier molecular flexibility index (Phi) is 10.2. The second-order valence-electron chi connectivity index (χ2n) is 11.5. The molecule has 2 aromatic heterocycles. The number of halogens is 5. The topological polar surface area (TPSA) is 73.8 Å². The van der Waals surface area contributed by atoms with E-state index in [1.165, 1.54) is 17.5 Å². The van der Waals surface area contributed by atoms with Crippen LogP contribution in [0.25, 0.3) is 11.3 Å². The van der Waals surface area contributed by atoms with E-state index in [-0.39, 0.29) is 46.7 Å². The number of carbonyl (C=O) groups is 1. The van der Waals surface area contributed by atoms with Crippen molar-refractivity contribution in [3.8, 4) is 11.3 Å². The number of thiazole rings is 1. The van der Waals surface area contributed by atoms with E-state index < -0.39 is 23.4 Å². The fourth-order valence-electron chi connectivity index (χ4n) is 5.91. The van der Waals surface area contributed by atoms with Crippen molar-refractivity contribution in [3.05, 3.63) is 52.5 Å². The maximum absolute atomic E-state index is 15.9. The van der Waals surface area contributed by atoms with E-state index in [2.05, 4.69) is 32.0 Å². The molecule has 0 unspecified atom stereocenters. The van der Waals surface area contributed by atoms with Gasteiger partial charge in [-0.1, -0.05) is 11.3 Å². The molecule has 45 heavy (non-hydrogen) atoms. The number of pyridine rings is 1. The highest BCUT2D eigenvalue weighted by molar-refractivity contribution is 7.16. The minimum atomic E-state index is -4.73. The van der Waals surface area contributed by atoms with Crippen LogP contribution < -0.4 is 10.2 Å². The molecule has 2 aliphatic heterocycles. The molecule has 3 aromatic rings. The number of rotatable bonds is 11. The fraction of sp³-hybridized carbons (Fsp3) is 0.516. The highest BCUT2D eigenvalue weighted by Crippen LogP contribution is 2.39. The molecule has 0 radical (unpaired) electrons. The van der Waals surface area contributed by atoms with Gasteiger partial charge in [0.25, 0.3) is 0 Å². The lowest BCUT2D eigenvalue weighted by Gasteiger charge is -2.25. The lowest BCUT2D eigenvalue weighted by atomic mass is 10.1. The Labute approximate surface area is 263 Å². The summed E-state index contributed by atoms with van der Waals surface area (Å²) >= 11 is 1.19. The molecule has 2 aliphatic rings. The normalized spacial score (nSPS) is 19.1. The first kappa shape index (κ1) is 33.0. The van der Waals surface area contributed by atoms with Crippen LogP contribution in [0.5, 0.6) is 0 Å². The number of esters is 1. The highest BCUT2D eigenvalue weighted by Gasteiger charge is 2.33. The predicted molar refractivity (Wildman–Crippen MR) is 164 cm³/mol. The van der Waals surface area contributed by atoms with Crippen LogP contribution in [0.1, 0.15) is 50.0 Å². The van der Waals surface area contributed by atoms with Gasteiger partial charge in [-0.25, -0.2) is 18.7 Å². The summed E-state index contributed by atoms with van der Waals surface area (Å²) in [6, 6.07) is 4.39. The van der Waals surface area contributed by atoms with E-state index in [1.54, 1.807) is 13.0 Å². The third-order valence-corrected chi connectivity index (χ3v) is 9.38. The molecule has 244 valence electrons. The second kappa shape index (κ2) is 14.0. The number of likely N-dealkylation sites (N-methyl/N-ethyl adjacent to an activating group) is 1. The van der Waals surface area contributed by atoms with Gasteiger partial charge in [-0.05, 0) is 71.0 Å². The van der Waals surface area contributed by atoms with Crippen molar-refractivity contribution in [2.45, 2.75) is 64.3 Å². The summed E-state index contributed by atoms with van der Waals surface area (Å²) in [5, 5.41) is 3.18. The first-order chi connectivity index (χ1) is 21.4. The average Bonchev–Trinajstić information content (AvgIpc) is 3.73. The Morgan fingerprint density at radius 3 is 2.71 bits per heavy atom. The Balaban J connectivity index is 1.37. The SMILES string of the molecule is CCOC(=O)CCN(C)[C@H]1CCN(c2ccnc(Nc3nc(-c4cc(F)cc(C(F)(F)F)c4)c(CN4CCC[C@H]4C)s3)c2F)C1. The zero-order chi connectivity index (χ0) is 32.3. The van der Waals surface area contributed by atoms with Gasteiger partial charge in [0.05, 0.1) is 30.0 Å². The zero-order valence-electron chi connectivity index (χ0n) is 25.5. The first-order valence-corrected chi connectivity index (χ1v) is 15.9. The number of alkyl halides is 3. The van der Waals surface area contributed by atoms with Crippen molar-refractivity contribution in [3.63, 3.8) is 0 Å². The van der Waals surface area contributed by atoms with Gasteiger partial charge in [0.15, 0.2) is 16.8 Å². The molecule has 4 heterocycles. The van der Waals surface area contributed by atoms with Crippen molar-refractivity contribution in [2.24, 2.45) is 0 Å². The fourth-order valence-corrected chi connectivity index (χ4v) is 6.92. The van der Waals surface area contributed by atoms with E-state index in [0.717, 1.165) is 37.9 Å². The smallest absolute Gasteiger partial charge is 0.416 e. The van der Waals surface area contributed by atoms with Gasteiger partial charge in [0, 0.05) is 54.9 Å². The largest absolute Gasteiger partial charge is 0.466 e. The van der Waals surface area contributed by atoms with Crippen molar-refractivity contribution >= 4 is 33.9 Å². The van der Waals surface area contributed by atoms with E-state index in [9.17, 15) is 22.4 Å². The maximum atomic E-state index is 15.9. The van der Waals surface area contributed by atoms with Gasteiger partial charge in [-0.2, -0.15) is 13.2 Å². The minimum absolute atomic E-state index is 0.00541. The third-order valence-electron chi connectivity index (χ3n) is 8.43. The monoisotopic (exact) mass is 652 g/mol. The van der Waals surface area contributed by atoms with Crippen LogP contribution in [0, 0.1) is 11.6 Å². The molecule has 5 rings (SSSR count). The van der Waals surface area contributed by atoms with E-state index >= 15 is 4.39 Å².